The van der Waals surface area contributed by atoms with Crippen LogP contribution in [0.5, 0.6) is 5.75 Å². The third kappa shape index (κ3) is 5.35. The summed E-state index contributed by atoms with van der Waals surface area (Å²) in [6.45, 7) is 1.46. The van der Waals surface area contributed by atoms with Gasteiger partial charge in [-0.05, 0) is 43.2 Å². The van der Waals surface area contributed by atoms with Crippen LogP contribution in [0.1, 0.15) is 22.8 Å². The van der Waals surface area contributed by atoms with Crippen molar-refractivity contribution in [1.29, 1.82) is 0 Å². The molecule has 0 saturated carbocycles. The molecule has 5 nitrogen and oxygen atoms in total. The van der Waals surface area contributed by atoms with E-state index in [4.69, 9.17) is 62.6 Å². The molecule has 27 heavy (non-hydrogen) atoms. The number of esters is 1. The Labute approximate surface area is 176 Å². The Balaban J connectivity index is 2.30. The lowest BCUT2D eigenvalue weighted by molar-refractivity contribution is -0.135. The predicted molar refractivity (Wildman–Crippen MR) is 108 cm³/mol. The highest BCUT2D eigenvalue weighted by Crippen LogP contribution is 2.35. The first-order valence-corrected chi connectivity index (χ1v) is 9.32. The van der Waals surface area contributed by atoms with E-state index in [2.05, 4.69) is 0 Å². The lowest BCUT2D eigenvalue weighted by Crippen LogP contribution is -2.33. The first kappa shape index (κ1) is 22.0. The fourth-order valence-corrected chi connectivity index (χ4v) is 3.32. The van der Waals surface area contributed by atoms with Crippen LogP contribution in [0, 0.1) is 0 Å². The van der Waals surface area contributed by atoms with Crippen LogP contribution in [0.2, 0.25) is 20.1 Å². The van der Waals surface area contributed by atoms with E-state index >= 15 is 0 Å². The van der Waals surface area contributed by atoms with Crippen LogP contribution >= 0.6 is 46.4 Å². The number of nitrogens with two attached hydrogens (primary N) is 2. The van der Waals surface area contributed by atoms with E-state index in [1.54, 1.807) is 18.2 Å². The average Bonchev–Trinajstić information content (AvgIpc) is 2.59. The van der Waals surface area contributed by atoms with E-state index < -0.39 is 23.8 Å². The second-order valence-corrected chi connectivity index (χ2v) is 7.48. The zero-order valence-corrected chi connectivity index (χ0v) is 17.2. The van der Waals surface area contributed by atoms with Gasteiger partial charge in [0.05, 0.1) is 21.7 Å². The first-order chi connectivity index (χ1) is 12.6. The van der Waals surface area contributed by atoms with E-state index in [1.807, 2.05) is 0 Å². The molecule has 2 atom stereocenters. The van der Waals surface area contributed by atoms with Gasteiger partial charge in [0.1, 0.15) is 11.8 Å². The van der Waals surface area contributed by atoms with Gasteiger partial charge in [0.2, 0.25) is 0 Å². The molecule has 0 aliphatic heterocycles. The summed E-state index contributed by atoms with van der Waals surface area (Å²) >= 11 is 24.4. The van der Waals surface area contributed by atoms with E-state index in [9.17, 15) is 9.59 Å². The fourth-order valence-electron chi connectivity index (χ4n) is 2.24. The van der Waals surface area contributed by atoms with Gasteiger partial charge in [0.15, 0.2) is 5.78 Å². The van der Waals surface area contributed by atoms with Gasteiger partial charge in [0.25, 0.3) is 0 Å². The molecule has 0 bridgehead atoms. The zero-order chi connectivity index (χ0) is 20.3. The second kappa shape index (κ2) is 9.24. The van der Waals surface area contributed by atoms with Gasteiger partial charge in [-0.1, -0.05) is 52.5 Å². The highest BCUT2D eigenvalue weighted by molar-refractivity contribution is 6.41. The van der Waals surface area contributed by atoms with Crippen molar-refractivity contribution < 1.29 is 14.3 Å². The van der Waals surface area contributed by atoms with Gasteiger partial charge in [0, 0.05) is 10.0 Å². The molecular weight excluding hydrogens is 434 g/mol. The summed E-state index contributed by atoms with van der Waals surface area (Å²) in [5.74, 6) is -1.24. The Hall–Kier alpha value is -1.34. The molecule has 2 aromatic rings. The molecule has 0 unspecified atom stereocenters. The minimum Gasteiger partial charge on any atom is -0.424 e. The third-order valence-electron chi connectivity index (χ3n) is 3.68. The summed E-state index contributed by atoms with van der Waals surface area (Å²) in [4.78, 5) is 24.5. The number of carbonyl (C=O) groups excluding carboxylic acids is 2. The van der Waals surface area contributed by atoms with Crippen LogP contribution < -0.4 is 16.2 Å². The highest BCUT2D eigenvalue weighted by atomic mass is 35.5. The minimum atomic E-state index is -0.974. The van der Waals surface area contributed by atoms with Crippen LogP contribution in [-0.2, 0) is 11.2 Å². The smallest absolute Gasteiger partial charge is 0.328 e. The number of hydrogen-bond acceptors (Lipinski definition) is 5. The number of ketones is 1. The van der Waals surface area contributed by atoms with E-state index in [-0.39, 0.29) is 27.8 Å². The number of halogens is 4. The molecule has 2 rings (SSSR count). The normalized spacial score (nSPS) is 13.1. The topological polar surface area (TPSA) is 95.4 Å². The molecule has 0 fully saturated rings. The molecule has 0 heterocycles. The summed E-state index contributed by atoms with van der Waals surface area (Å²) in [5, 5.41) is 0.836. The van der Waals surface area contributed by atoms with Crippen molar-refractivity contribution in [2.75, 3.05) is 0 Å². The fraction of sp³-hybridized carbons (Fsp3) is 0.222. The first-order valence-electron chi connectivity index (χ1n) is 7.80. The SMILES string of the molecule is C[C@H](N)C(=O)Oc1ccc(Cl)c(C(=O)[C@@H](N)Cc2ccc(Cl)cc2Cl)c1Cl. The molecule has 0 saturated heterocycles. The largest absolute Gasteiger partial charge is 0.424 e. The molecule has 0 aliphatic carbocycles. The lowest BCUT2D eigenvalue weighted by Gasteiger charge is -2.16. The second-order valence-electron chi connectivity index (χ2n) is 5.85. The Morgan fingerprint density at radius 1 is 1.04 bits per heavy atom. The van der Waals surface area contributed by atoms with Gasteiger partial charge < -0.3 is 16.2 Å². The van der Waals surface area contributed by atoms with Gasteiger partial charge in [-0.25, -0.2) is 4.79 Å². The third-order valence-corrected chi connectivity index (χ3v) is 4.95. The molecule has 0 aromatic heterocycles. The summed E-state index contributed by atoms with van der Waals surface area (Å²) in [5.41, 5.74) is 12.1. The maximum atomic E-state index is 12.8. The van der Waals surface area contributed by atoms with Crippen molar-refractivity contribution in [2.45, 2.75) is 25.4 Å². The maximum Gasteiger partial charge on any atom is 0.328 e. The van der Waals surface area contributed by atoms with Gasteiger partial charge in [-0.3, -0.25) is 4.79 Å². The van der Waals surface area contributed by atoms with Crippen molar-refractivity contribution in [3.63, 3.8) is 0 Å². The van der Waals surface area contributed by atoms with Crippen molar-refractivity contribution in [3.8, 4) is 5.75 Å². The molecular formula is C18H16Cl4N2O3. The molecule has 9 heteroatoms. The molecule has 0 amide bonds. The Kier molecular flexibility index (Phi) is 7.51. The molecule has 144 valence electrons. The van der Waals surface area contributed by atoms with Crippen LogP contribution in [0.15, 0.2) is 30.3 Å². The minimum absolute atomic E-state index is 0.0246. The van der Waals surface area contributed by atoms with Crippen molar-refractivity contribution >= 4 is 58.2 Å². The Morgan fingerprint density at radius 3 is 2.30 bits per heavy atom. The zero-order valence-electron chi connectivity index (χ0n) is 14.1. The number of rotatable bonds is 6. The number of benzene rings is 2. The van der Waals surface area contributed by atoms with Crippen molar-refractivity contribution in [1.82, 2.24) is 0 Å². The van der Waals surface area contributed by atoms with E-state index in [1.165, 1.54) is 19.1 Å². The van der Waals surface area contributed by atoms with Crippen molar-refractivity contribution in [3.05, 3.63) is 61.5 Å². The monoisotopic (exact) mass is 448 g/mol. The van der Waals surface area contributed by atoms with Crippen molar-refractivity contribution in [2.24, 2.45) is 11.5 Å². The van der Waals surface area contributed by atoms with Crippen LogP contribution in [0.3, 0.4) is 0 Å². The van der Waals surface area contributed by atoms with E-state index in [0.29, 0.717) is 15.6 Å². The van der Waals surface area contributed by atoms with Crippen LogP contribution in [0.4, 0.5) is 0 Å². The summed E-state index contributed by atoms with van der Waals surface area (Å²) in [6.07, 6.45) is 0.144. The molecule has 2 aromatic carbocycles. The molecule has 0 spiro atoms. The average molecular weight is 450 g/mol. The maximum absolute atomic E-state index is 12.8. The van der Waals surface area contributed by atoms with Gasteiger partial charge in [-0.2, -0.15) is 0 Å². The summed E-state index contributed by atoms with van der Waals surface area (Å²) < 4.78 is 5.10. The van der Waals surface area contributed by atoms with Crippen LogP contribution in [-0.4, -0.2) is 23.8 Å². The number of ether oxygens (including phenoxy) is 1. The molecule has 0 radical (unpaired) electrons. The number of carbonyl (C=O) groups is 2. The highest BCUT2D eigenvalue weighted by Gasteiger charge is 2.25. The number of Topliss-reactive ketones (excluding diaryl/α,β-unsaturated/α-hetero) is 1. The molecule has 4 N–H and O–H groups in total. The predicted octanol–water partition coefficient (Wildman–Crippen LogP) is 4.31. The Bertz CT molecular complexity index is 887. The quantitative estimate of drug-likeness (QED) is 0.389. The molecule has 0 aliphatic rings. The van der Waals surface area contributed by atoms with Gasteiger partial charge in [-0.15, -0.1) is 0 Å². The lowest BCUT2D eigenvalue weighted by atomic mass is 9.98. The van der Waals surface area contributed by atoms with Crippen LogP contribution in [0.25, 0.3) is 0 Å². The Morgan fingerprint density at radius 2 is 1.70 bits per heavy atom. The van der Waals surface area contributed by atoms with Gasteiger partial charge >= 0.3 is 5.97 Å². The van der Waals surface area contributed by atoms with E-state index in [0.717, 1.165) is 0 Å². The summed E-state index contributed by atoms with van der Waals surface area (Å²) in [7, 11) is 0. The summed E-state index contributed by atoms with van der Waals surface area (Å²) in [6, 6.07) is 5.83. The number of hydrogen-bond donors (Lipinski definition) is 2. The standard InChI is InChI=1S/C18H16Cl4N2O3/c1-8(23)18(26)27-14-5-4-11(20)15(16(14)22)17(25)13(24)6-9-2-3-10(19)7-12(9)21/h2-5,7-8,13H,6,23-24H2,1H3/t8-,13-/m0/s1.